The molecule has 6 heterocycles. The molecule has 20 nitrogen and oxygen atoms in total. The number of thiazole rings is 1. The lowest BCUT2D eigenvalue weighted by molar-refractivity contribution is -0.150. The SMILES string of the molecule is Cc1cc(SCC2=C(C(=O)O)N3C(=O)[C@@H](NC(=O)/C(=N/OCc4ncc(O)c(=O)[nH]4)c4csc(N)n4)[C@H]3SC2)n2nc(C(N)=O)nc2n1. The van der Waals surface area contributed by atoms with Gasteiger partial charge in [-0.1, -0.05) is 5.16 Å². The van der Waals surface area contributed by atoms with Gasteiger partial charge in [-0.25, -0.2) is 19.7 Å². The molecule has 4 aromatic rings. The minimum Gasteiger partial charge on any atom is -0.502 e. The topological polar surface area (TPSA) is 299 Å². The number of carbonyl (C=O) groups is 4. The van der Waals surface area contributed by atoms with Crippen LogP contribution >= 0.6 is 34.9 Å². The summed E-state index contributed by atoms with van der Waals surface area (Å²) in [6, 6.07) is 0.587. The Morgan fingerprint density at radius 2 is 2.06 bits per heavy atom. The molecule has 248 valence electrons. The first kappa shape index (κ1) is 32.4. The van der Waals surface area contributed by atoms with Crippen molar-refractivity contribution in [3.05, 3.63) is 62.3 Å². The summed E-state index contributed by atoms with van der Waals surface area (Å²) in [5, 5.41) is 31.3. The molecule has 2 aliphatic rings. The molecule has 2 aliphatic heterocycles. The number of carboxylic acids is 1. The number of anilines is 1. The van der Waals surface area contributed by atoms with E-state index in [4.69, 9.17) is 16.3 Å². The van der Waals surface area contributed by atoms with Crippen molar-refractivity contribution >= 4 is 75.2 Å². The van der Waals surface area contributed by atoms with Crippen molar-refractivity contribution in [3.63, 3.8) is 0 Å². The van der Waals surface area contributed by atoms with Crippen molar-refractivity contribution in [1.82, 2.24) is 44.8 Å². The Labute approximate surface area is 279 Å². The lowest BCUT2D eigenvalue weighted by Gasteiger charge is -2.49. The van der Waals surface area contributed by atoms with Gasteiger partial charge < -0.3 is 36.8 Å². The molecule has 0 spiro atoms. The van der Waals surface area contributed by atoms with Crippen molar-refractivity contribution in [2.45, 2.75) is 30.0 Å². The standard InChI is InChI=1S/C25H22N12O8S3/c1-8-2-13(37-25(29-8)33-18(34-37)17(26)39)46-5-9-6-47-22-15(21(42)36(22)16(9)23(43)44)32-20(41)14(10-7-48-24(27)30-10)35-45-4-12-28-3-11(38)19(40)31-12/h2-3,7,15,22,38H,4-6H2,1H3,(H2,26,39)(H2,27,30)(H,32,41)(H,43,44)(H,28,31,40)/b35-14+/t15-,22-/m1/s1. The van der Waals surface area contributed by atoms with E-state index < -0.39 is 46.4 Å². The average Bonchev–Trinajstić information content (AvgIpc) is 3.68. The summed E-state index contributed by atoms with van der Waals surface area (Å²) in [7, 11) is 0. The average molecular weight is 715 g/mol. The molecule has 4 aromatic heterocycles. The van der Waals surface area contributed by atoms with Crippen molar-refractivity contribution in [1.29, 1.82) is 0 Å². The number of aryl methyl sites for hydroxylation is 1. The summed E-state index contributed by atoms with van der Waals surface area (Å²) in [6.07, 6.45) is 0.923. The van der Waals surface area contributed by atoms with Crippen LogP contribution < -0.4 is 22.3 Å². The minimum absolute atomic E-state index is 0.00431. The number of carboxylic acid groups (broad SMARTS) is 1. The summed E-state index contributed by atoms with van der Waals surface area (Å²) < 4.78 is 1.33. The third-order valence-electron chi connectivity index (χ3n) is 6.73. The molecule has 1 saturated heterocycles. The molecule has 0 radical (unpaired) electrons. The number of hydrogen-bond donors (Lipinski definition) is 6. The molecular weight excluding hydrogens is 693 g/mol. The van der Waals surface area contributed by atoms with E-state index in [1.54, 1.807) is 13.0 Å². The fourth-order valence-corrected chi connectivity index (χ4v) is 7.67. The number of aliphatic carboxylic acids is 1. The number of nitrogens with one attached hydrogen (secondary N) is 2. The van der Waals surface area contributed by atoms with E-state index in [0.29, 0.717) is 16.3 Å². The number of hydrogen-bond acceptors (Lipinski definition) is 17. The summed E-state index contributed by atoms with van der Waals surface area (Å²) >= 11 is 3.50. The Balaban J connectivity index is 1.18. The molecule has 0 bridgehead atoms. The van der Waals surface area contributed by atoms with Gasteiger partial charge in [0.25, 0.3) is 29.1 Å². The number of nitrogens with two attached hydrogens (primary N) is 2. The van der Waals surface area contributed by atoms with Crippen LogP contribution in [0.2, 0.25) is 0 Å². The Morgan fingerprint density at radius 3 is 2.75 bits per heavy atom. The predicted molar refractivity (Wildman–Crippen MR) is 169 cm³/mol. The lowest BCUT2D eigenvalue weighted by atomic mass is 10.0. The number of oxime groups is 1. The van der Waals surface area contributed by atoms with E-state index in [-0.39, 0.29) is 57.8 Å². The van der Waals surface area contributed by atoms with E-state index >= 15 is 0 Å². The first-order chi connectivity index (χ1) is 22.9. The number of β-lactam (4-membered cyclic amide) rings is 1. The number of fused-ring (bicyclic) bond motifs is 2. The van der Waals surface area contributed by atoms with Crippen LogP contribution in [0.1, 0.15) is 27.8 Å². The number of thioether (sulfide) groups is 2. The smallest absolute Gasteiger partial charge is 0.352 e. The molecular formula is C25H22N12O8S3. The zero-order valence-corrected chi connectivity index (χ0v) is 26.8. The normalized spacial score (nSPS) is 17.6. The summed E-state index contributed by atoms with van der Waals surface area (Å²) in [6.45, 7) is 1.33. The quantitative estimate of drug-likeness (QED) is 0.0350. The number of primary amides is 1. The molecule has 48 heavy (non-hydrogen) atoms. The van der Waals surface area contributed by atoms with E-state index in [2.05, 4.69) is 40.5 Å². The number of aromatic amines is 1. The van der Waals surface area contributed by atoms with Gasteiger partial charge >= 0.3 is 5.97 Å². The molecule has 0 aliphatic carbocycles. The highest BCUT2D eigenvalue weighted by molar-refractivity contribution is 8.01. The van der Waals surface area contributed by atoms with E-state index in [0.717, 1.165) is 22.4 Å². The van der Waals surface area contributed by atoms with Gasteiger partial charge in [-0.05, 0) is 18.6 Å². The van der Waals surface area contributed by atoms with Crippen LogP contribution in [0.5, 0.6) is 5.75 Å². The second-order valence-electron chi connectivity index (χ2n) is 9.98. The van der Waals surface area contributed by atoms with E-state index in [1.165, 1.54) is 33.4 Å². The zero-order chi connectivity index (χ0) is 34.3. The van der Waals surface area contributed by atoms with Gasteiger partial charge in [0, 0.05) is 22.6 Å². The molecule has 6 rings (SSSR count). The van der Waals surface area contributed by atoms with Crippen molar-refractivity contribution in [3.8, 4) is 5.75 Å². The van der Waals surface area contributed by atoms with E-state index in [9.17, 15) is 34.2 Å². The van der Waals surface area contributed by atoms with Gasteiger partial charge in [0.05, 0.1) is 6.20 Å². The first-order valence-corrected chi connectivity index (χ1v) is 16.4. The molecule has 0 aromatic carbocycles. The maximum absolute atomic E-state index is 13.4. The monoisotopic (exact) mass is 714 g/mol. The van der Waals surface area contributed by atoms with Crippen LogP contribution in [-0.4, -0.2) is 102 Å². The second kappa shape index (κ2) is 12.9. The molecule has 0 saturated carbocycles. The number of nitrogen functional groups attached to an aromatic ring is 1. The van der Waals surface area contributed by atoms with Crippen molar-refractivity contribution in [2.75, 3.05) is 17.2 Å². The van der Waals surface area contributed by atoms with Crippen LogP contribution in [0.25, 0.3) is 5.78 Å². The molecule has 3 amide bonds. The number of carbonyl (C=O) groups excluding carboxylic acids is 3. The Kier molecular flexibility index (Phi) is 8.72. The fraction of sp³-hybridized carbons (Fsp3) is 0.240. The number of aromatic nitrogens is 7. The van der Waals surface area contributed by atoms with Gasteiger partial charge in [0.1, 0.15) is 33.7 Å². The fourth-order valence-electron chi connectivity index (χ4n) is 4.58. The Morgan fingerprint density at radius 1 is 1.27 bits per heavy atom. The van der Waals surface area contributed by atoms with Crippen LogP contribution in [0.15, 0.2) is 43.9 Å². The number of amides is 3. The van der Waals surface area contributed by atoms with Crippen molar-refractivity contribution < 1.29 is 34.2 Å². The van der Waals surface area contributed by atoms with Crippen LogP contribution in [0.4, 0.5) is 5.13 Å². The molecule has 23 heteroatoms. The Bertz CT molecular complexity index is 2130. The zero-order valence-electron chi connectivity index (χ0n) is 24.3. The highest BCUT2D eigenvalue weighted by Crippen LogP contribution is 2.41. The summed E-state index contributed by atoms with van der Waals surface area (Å²) in [5.41, 5.74) is 10.8. The maximum Gasteiger partial charge on any atom is 0.352 e. The summed E-state index contributed by atoms with van der Waals surface area (Å²) in [4.78, 5) is 87.0. The number of nitrogens with zero attached hydrogens (tertiary/aromatic N) is 8. The first-order valence-electron chi connectivity index (χ1n) is 13.5. The van der Waals surface area contributed by atoms with Gasteiger partial charge in [-0.15, -0.1) is 40.0 Å². The number of aromatic hydroxyl groups is 1. The number of rotatable bonds is 11. The third-order valence-corrected chi connectivity index (χ3v) is 9.82. The molecule has 8 N–H and O–H groups in total. The largest absolute Gasteiger partial charge is 0.502 e. The van der Waals surface area contributed by atoms with Gasteiger partial charge in [-0.3, -0.25) is 24.1 Å². The highest BCUT2D eigenvalue weighted by Gasteiger charge is 2.54. The Hall–Kier alpha value is -5.55. The van der Waals surface area contributed by atoms with Gasteiger partial charge in [-0.2, -0.15) is 9.50 Å². The van der Waals surface area contributed by atoms with Crippen molar-refractivity contribution in [2.24, 2.45) is 10.9 Å². The van der Waals surface area contributed by atoms with Crippen LogP contribution in [0.3, 0.4) is 0 Å². The highest BCUT2D eigenvalue weighted by atomic mass is 32.2. The van der Waals surface area contributed by atoms with E-state index in [1.807, 2.05) is 0 Å². The van der Waals surface area contributed by atoms with Crippen LogP contribution in [0, 0.1) is 6.92 Å². The number of H-pyrrole nitrogens is 1. The van der Waals surface area contributed by atoms with Crippen LogP contribution in [-0.2, 0) is 25.8 Å². The third kappa shape index (κ3) is 6.24. The molecule has 0 unspecified atom stereocenters. The molecule has 1 fully saturated rings. The van der Waals surface area contributed by atoms with Gasteiger partial charge in [0.15, 0.2) is 23.2 Å². The predicted octanol–water partition coefficient (Wildman–Crippen LogP) is -1.19. The maximum atomic E-state index is 13.4. The minimum atomic E-state index is -1.32. The van der Waals surface area contributed by atoms with Gasteiger partial charge in [0.2, 0.25) is 5.82 Å². The summed E-state index contributed by atoms with van der Waals surface area (Å²) in [5.74, 6) is -3.96. The second-order valence-corrected chi connectivity index (χ2v) is 13.0. The molecule has 2 atom stereocenters. The lowest BCUT2D eigenvalue weighted by Crippen LogP contribution is -2.71.